The molecule has 1 N–H and O–H groups in total. The molecule has 2 aromatic carbocycles. The predicted molar refractivity (Wildman–Crippen MR) is 110 cm³/mol. The number of carbonyl (C=O) groups excluding carboxylic acids is 1. The summed E-state index contributed by atoms with van der Waals surface area (Å²) in [6, 6.07) is 18.8. The van der Waals surface area contributed by atoms with Crippen molar-refractivity contribution in [1.29, 1.82) is 0 Å². The number of allylic oxidation sites excluding steroid dienone is 4. The molecule has 1 aliphatic heterocycles. The molecule has 142 valence electrons. The van der Waals surface area contributed by atoms with Crippen molar-refractivity contribution in [2.75, 3.05) is 0 Å². The predicted octanol–water partition coefficient (Wildman–Crippen LogP) is 4.09. The van der Waals surface area contributed by atoms with Gasteiger partial charge in [-0.3, -0.25) is 0 Å². The second-order valence-corrected chi connectivity index (χ2v) is 6.16. The van der Waals surface area contributed by atoms with Crippen LogP contribution in [-0.4, -0.2) is 16.8 Å². The van der Waals surface area contributed by atoms with Crippen LogP contribution in [-0.2, 0) is 9.63 Å². The number of aromatic amines is 1. The van der Waals surface area contributed by atoms with Crippen LogP contribution in [0.2, 0.25) is 0 Å². The van der Waals surface area contributed by atoms with E-state index in [0.29, 0.717) is 22.5 Å². The normalized spacial score (nSPS) is 15.4. The summed E-state index contributed by atoms with van der Waals surface area (Å²) in [7, 11) is 0. The van der Waals surface area contributed by atoms with Crippen molar-refractivity contribution in [2.45, 2.75) is 0 Å². The average molecular weight is 384 g/mol. The molecule has 0 aliphatic carbocycles. The quantitative estimate of drug-likeness (QED) is 0.408. The number of H-pyrrole nitrogens is 1. The largest absolute Gasteiger partial charge is 0.368 e. The fraction of sp³-hybridized carbons (Fsp3) is 0. The minimum atomic E-state index is -0.505. The van der Waals surface area contributed by atoms with E-state index < -0.39 is 11.6 Å². The van der Waals surface area contributed by atoms with E-state index in [9.17, 15) is 9.59 Å². The highest BCUT2D eigenvalue weighted by Gasteiger charge is 2.25. The van der Waals surface area contributed by atoms with Gasteiger partial charge in [-0.1, -0.05) is 84.0 Å². The molecule has 0 saturated heterocycles. The summed E-state index contributed by atoms with van der Waals surface area (Å²) in [5.41, 5.74) is 3.07. The molecule has 0 unspecified atom stereocenters. The van der Waals surface area contributed by atoms with Crippen molar-refractivity contribution < 1.29 is 14.2 Å². The molecule has 0 saturated carbocycles. The molecule has 0 amide bonds. The first kappa shape index (κ1) is 18.2. The van der Waals surface area contributed by atoms with Crippen molar-refractivity contribution in [2.24, 2.45) is 5.16 Å². The SMILES string of the molecule is O=C1ON=C(c2ccccc2)/C1=C/C=CC=Cc1c(-c2ccccc2)[nH]oc1=O. The summed E-state index contributed by atoms with van der Waals surface area (Å²) in [4.78, 5) is 28.7. The lowest BCUT2D eigenvalue weighted by Gasteiger charge is -1.98. The van der Waals surface area contributed by atoms with Gasteiger partial charge in [0.1, 0.15) is 5.71 Å². The third-order valence-electron chi connectivity index (χ3n) is 4.29. The molecular formula is C23H16N2O4. The lowest BCUT2D eigenvalue weighted by atomic mass is 10.0. The highest BCUT2D eigenvalue weighted by atomic mass is 16.7. The van der Waals surface area contributed by atoms with Crippen LogP contribution in [0.3, 0.4) is 0 Å². The van der Waals surface area contributed by atoms with Crippen LogP contribution >= 0.6 is 0 Å². The van der Waals surface area contributed by atoms with E-state index in [1.807, 2.05) is 60.7 Å². The maximum Gasteiger partial charge on any atom is 0.368 e. The molecule has 1 aliphatic rings. The van der Waals surface area contributed by atoms with Gasteiger partial charge in [0.15, 0.2) is 0 Å². The Morgan fingerprint density at radius 3 is 2.24 bits per heavy atom. The van der Waals surface area contributed by atoms with Crippen LogP contribution in [0.5, 0.6) is 0 Å². The molecule has 6 nitrogen and oxygen atoms in total. The van der Waals surface area contributed by atoms with Gasteiger partial charge in [-0.25, -0.2) is 14.7 Å². The molecule has 4 rings (SSSR count). The number of rotatable bonds is 5. The van der Waals surface area contributed by atoms with Crippen molar-refractivity contribution in [1.82, 2.24) is 5.16 Å². The van der Waals surface area contributed by atoms with E-state index in [-0.39, 0.29) is 0 Å². The van der Waals surface area contributed by atoms with Crippen LogP contribution in [0.25, 0.3) is 17.3 Å². The zero-order valence-electron chi connectivity index (χ0n) is 15.2. The highest BCUT2D eigenvalue weighted by molar-refractivity contribution is 6.28. The number of hydrogen-bond acceptors (Lipinski definition) is 5. The average Bonchev–Trinajstić information content (AvgIpc) is 3.32. The lowest BCUT2D eigenvalue weighted by molar-refractivity contribution is -0.136. The van der Waals surface area contributed by atoms with Gasteiger partial charge in [-0.15, -0.1) is 0 Å². The highest BCUT2D eigenvalue weighted by Crippen LogP contribution is 2.20. The Labute approximate surface area is 166 Å². The molecule has 29 heavy (non-hydrogen) atoms. The number of benzene rings is 2. The van der Waals surface area contributed by atoms with Gasteiger partial charge >= 0.3 is 11.6 Å². The summed E-state index contributed by atoms with van der Waals surface area (Å²) >= 11 is 0. The second-order valence-electron chi connectivity index (χ2n) is 6.16. The summed E-state index contributed by atoms with van der Waals surface area (Å²) in [6.07, 6.45) is 8.38. The third-order valence-corrected chi connectivity index (χ3v) is 4.29. The zero-order valence-corrected chi connectivity index (χ0v) is 15.2. The molecule has 0 fully saturated rings. The molecule has 3 aromatic rings. The first-order chi connectivity index (χ1) is 14.2. The van der Waals surface area contributed by atoms with Crippen molar-refractivity contribution in [3.63, 3.8) is 0 Å². The van der Waals surface area contributed by atoms with E-state index in [4.69, 9.17) is 9.36 Å². The van der Waals surface area contributed by atoms with Crippen molar-refractivity contribution in [3.8, 4) is 11.3 Å². The Morgan fingerprint density at radius 2 is 1.52 bits per heavy atom. The standard InChI is InChI=1S/C23H16N2O4/c26-22-18(20(24-28-22)16-10-4-1-5-11-16)14-8-3-9-15-19-21(25-29-23(19)27)17-12-6-2-7-13-17/h1-15,24H/b9-3?,14-8?,19-15-. The number of nitrogens with one attached hydrogen (secondary N) is 1. The number of hydrogen-bond donors (Lipinski definition) is 1. The second kappa shape index (κ2) is 8.22. The van der Waals surface area contributed by atoms with Crippen LogP contribution in [0.4, 0.5) is 0 Å². The van der Waals surface area contributed by atoms with E-state index in [0.717, 1.165) is 11.1 Å². The Morgan fingerprint density at radius 1 is 0.828 bits per heavy atom. The maximum absolute atomic E-state index is 12.0. The van der Waals surface area contributed by atoms with Gasteiger partial charge in [-0.05, 0) is 12.2 Å². The van der Waals surface area contributed by atoms with Crippen LogP contribution in [0, 0.1) is 0 Å². The van der Waals surface area contributed by atoms with Gasteiger partial charge < -0.3 is 9.36 Å². The molecule has 2 heterocycles. The zero-order chi connectivity index (χ0) is 20.1. The maximum atomic E-state index is 12.0. The Balaban J connectivity index is 1.53. The smallest absolute Gasteiger partial charge is 0.338 e. The number of aromatic nitrogens is 1. The van der Waals surface area contributed by atoms with E-state index in [2.05, 4.69) is 10.3 Å². The molecule has 1 aromatic heterocycles. The Bertz CT molecular complexity index is 1200. The molecule has 0 spiro atoms. The topological polar surface area (TPSA) is 84.7 Å². The van der Waals surface area contributed by atoms with Crippen molar-refractivity contribution >= 4 is 17.8 Å². The van der Waals surface area contributed by atoms with Gasteiger partial charge in [0.2, 0.25) is 0 Å². The molecule has 0 atom stereocenters. The Hall–Kier alpha value is -4.19. The monoisotopic (exact) mass is 384 g/mol. The first-order valence-corrected chi connectivity index (χ1v) is 8.91. The fourth-order valence-electron chi connectivity index (χ4n) is 2.88. The molecule has 0 bridgehead atoms. The molecule has 0 radical (unpaired) electrons. The summed E-state index contributed by atoms with van der Waals surface area (Å²) in [6.45, 7) is 0. The van der Waals surface area contributed by atoms with Gasteiger partial charge in [-0.2, -0.15) is 0 Å². The summed E-state index contributed by atoms with van der Waals surface area (Å²) in [5.74, 6) is -0.505. The number of carbonyl (C=O) groups is 1. The van der Waals surface area contributed by atoms with Crippen LogP contribution < -0.4 is 5.63 Å². The fourth-order valence-corrected chi connectivity index (χ4v) is 2.88. The first-order valence-electron chi connectivity index (χ1n) is 8.91. The lowest BCUT2D eigenvalue weighted by Crippen LogP contribution is -2.06. The van der Waals surface area contributed by atoms with Crippen LogP contribution in [0.15, 0.2) is 105 Å². The summed E-state index contributed by atoms with van der Waals surface area (Å²) < 4.78 is 4.92. The molecular weight excluding hydrogens is 368 g/mol. The summed E-state index contributed by atoms with van der Waals surface area (Å²) in [5, 5.41) is 6.51. The van der Waals surface area contributed by atoms with Gasteiger partial charge in [0, 0.05) is 11.1 Å². The minimum Gasteiger partial charge on any atom is -0.338 e. The Kier molecular flexibility index (Phi) is 5.16. The number of nitrogens with zero attached hydrogens (tertiary/aromatic N) is 1. The number of oxime groups is 1. The van der Waals surface area contributed by atoms with E-state index in [1.165, 1.54) is 0 Å². The van der Waals surface area contributed by atoms with Gasteiger partial charge in [0.25, 0.3) is 0 Å². The minimum absolute atomic E-state index is 0.368. The van der Waals surface area contributed by atoms with Crippen LogP contribution in [0.1, 0.15) is 11.1 Å². The van der Waals surface area contributed by atoms with E-state index >= 15 is 0 Å². The van der Waals surface area contributed by atoms with E-state index in [1.54, 1.807) is 30.4 Å². The van der Waals surface area contributed by atoms with Gasteiger partial charge in [0.05, 0.1) is 16.8 Å². The molecule has 6 heteroatoms. The third kappa shape index (κ3) is 3.91. The van der Waals surface area contributed by atoms with Crippen molar-refractivity contribution in [3.05, 3.63) is 112 Å².